The van der Waals surface area contributed by atoms with Crippen LogP contribution in [0.2, 0.25) is 0 Å². The second kappa shape index (κ2) is 6.45. The summed E-state index contributed by atoms with van der Waals surface area (Å²) in [5, 5.41) is 2.74. The van der Waals surface area contributed by atoms with Crippen LogP contribution in [0.15, 0.2) is 39.4 Å². The van der Waals surface area contributed by atoms with Crippen molar-refractivity contribution in [2.45, 2.75) is 12.8 Å². The molecule has 2 aromatic rings. The lowest BCUT2D eigenvalue weighted by Gasteiger charge is -2.19. The molecule has 1 aromatic carbocycles. The van der Waals surface area contributed by atoms with Gasteiger partial charge in [-0.05, 0) is 46.6 Å². The molecule has 3 rings (SSSR count). The van der Waals surface area contributed by atoms with Gasteiger partial charge in [-0.1, -0.05) is 0 Å². The molecule has 1 aromatic heterocycles. The number of methoxy groups -OCH3 is 1. The molecule has 23 heavy (non-hydrogen) atoms. The van der Waals surface area contributed by atoms with Crippen LogP contribution in [0.4, 0.5) is 11.4 Å². The van der Waals surface area contributed by atoms with Gasteiger partial charge in [-0.15, -0.1) is 0 Å². The summed E-state index contributed by atoms with van der Waals surface area (Å²) >= 11 is 3.16. The minimum absolute atomic E-state index is 0.0838. The molecule has 0 unspecified atom stereocenters. The number of nitrogens with one attached hydrogen (secondary N) is 1. The first kappa shape index (κ1) is 15.6. The van der Waals surface area contributed by atoms with Gasteiger partial charge in [-0.3, -0.25) is 9.59 Å². The summed E-state index contributed by atoms with van der Waals surface area (Å²) in [6.45, 7) is 0.682. The SMILES string of the molecule is COc1cc(NC(=O)c2ccc(Br)o2)ccc1N1CCCC1=O. The van der Waals surface area contributed by atoms with Crippen LogP contribution in [-0.2, 0) is 4.79 Å². The summed E-state index contributed by atoms with van der Waals surface area (Å²) in [6.07, 6.45) is 1.39. The van der Waals surface area contributed by atoms with Crippen molar-refractivity contribution in [1.82, 2.24) is 0 Å². The Morgan fingerprint density at radius 2 is 2.17 bits per heavy atom. The van der Waals surface area contributed by atoms with Gasteiger partial charge in [0.15, 0.2) is 10.4 Å². The van der Waals surface area contributed by atoms with Crippen LogP contribution in [0, 0.1) is 0 Å². The molecule has 120 valence electrons. The van der Waals surface area contributed by atoms with Gasteiger partial charge in [-0.25, -0.2) is 0 Å². The van der Waals surface area contributed by atoms with Crippen LogP contribution in [0.5, 0.6) is 5.75 Å². The molecule has 0 radical (unpaired) electrons. The molecule has 1 N–H and O–H groups in total. The molecule has 0 aliphatic carbocycles. The van der Waals surface area contributed by atoms with E-state index in [4.69, 9.17) is 9.15 Å². The Bertz CT molecular complexity index is 756. The highest BCUT2D eigenvalue weighted by molar-refractivity contribution is 9.10. The number of benzene rings is 1. The number of ether oxygens (including phenoxy) is 1. The van der Waals surface area contributed by atoms with Gasteiger partial charge in [-0.2, -0.15) is 0 Å². The lowest BCUT2D eigenvalue weighted by atomic mass is 10.2. The van der Waals surface area contributed by atoms with E-state index >= 15 is 0 Å². The Morgan fingerprint density at radius 3 is 2.78 bits per heavy atom. The third kappa shape index (κ3) is 3.24. The lowest BCUT2D eigenvalue weighted by Crippen LogP contribution is -2.24. The maximum atomic E-state index is 12.1. The fourth-order valence-electron chi connectivity index (χ4n) is 2.51. The summed E-state index contributed by atoms with van der Waals surface area (Å²) in [6, 6.07) is 8.43. The molecular weight excluding hydrogens is 364 g/mol. The maximum Gasteiger partial charge on any atom is 0.291 e. The molecule has 0 bridgehead atoms. The van der Waals surface area contributed by atoms with Crippen molar-refractivity contribution < 1.29 is 18.7 Å². The van der Waals surface area contributed by atoms with Crippen LogP contribution in [-0.4, -0.2) is 25.5 Å². The quantitative estimate of drug-likeness (QED) is 0.884. The molecule has 0 atom stereocenters. The molecule has 0 saturated carbocycles. The van der Waals surface area contributed by atoms with Crippen molar-refractivity contribution in [3.63, 3.8) is 0 Å². The average Bonchev–Trinajstić information content (AvgIpc) is 3.16. The van der Waals surface area contributed by atoms with Crippen molar-refractivity contribution in [2.24, 2.45) is 0 Å². The molecule has 1 fully saturated rings. The normalized spacial score (nSPS) is 14.2. The summed E-state index contributed by atoms with van der Waals surface area (Å²) in [4.78, 5) is 25.7. The molecule has 6 nitrogen and oxygen atoms in total. The highest BCUT2D eigenvalue weighted by Crippen LogP contribution is 2.34. The number of rotatable bonds is 4. The van der Waals surface area contributed by atoms with Crippen molar-refractivity contribution in [3.8, 4) is 5.75 Å². The summed E-state index contributed by atoms with van der Waals surface area (Å²) < 4.78 is 11.1. The van der Waals surface area contributed by atoms with Gasteiger partial charge in [0.1, 0.15) is 5.75 Å². The first-order valence-corrected chi connectivity index (χ1v) is 7.93. The number of hydrogen-bond donors (Lipinski definition) is 1. The second-order valence-electron chi connectivity index (χ2n) is 5.09. The van der Waals surface area contributed by atoms with E-state index in [0.29, 0.717) is 34.8 Å². The summed E-state index contributed by atoms with van der Waals surface area (Å²) in [5.41, 5.74) is 1.28. The first-order valence-electron chi connectivity index (χ1n) is 7.13. The first-order chi connectivity index (χ1) is 11.1. The van der Waals surface area contributed by atoms with Crippen LogP contribution >= 0.6 is 15.9 Å². The second-order valence-corrected chi connectivity index (χ2v) is 5.88. The van der Waals surface area contributed by atoms with Gasteiger partial charge >= 0.3 is 0 Å². The average molecular weight is 379 g/mol. The fourth-order valence-corrected chi connectivity index (χ4v) is 2.82. The largest absolute Gasteiger partial charge is 0.494 e. The van der Waals surface area contributed by atoms with Gasteiger partial charge in [0, 0.05) is 24.7 Å². The number of carbonyl (C=O) groups excluding carboxylic acids is 2. The predicted molar refractivity (Wildman–Crippen MR) is 88.9 cm³/mol. The number of hydrogen-bond acceptors (Lipinski definition) is 4. The highest BCUT2D eigenvalue weighted by Gasteiger charge is 2.24. The molecule has 1 aliphatic rings. The van der Waals surface area contributed by atoms with Crippen LogP contribution in [0.3, 0.4) is 0 Å². The van der Waals surface area contributed by atoms with E-state index in [-0.39, 0.29) is 17.6 Å². The van der Waals surface area contributed by atoms with E-state index in [9.17, 15) is 9.59 Å². The van der Waals surface area contributed by atoms with Crippen LogP contribution in [0.25, 0.3) is 0 Å². The van der Waals surface area contributed by atoms with Crippen molar-refractivity contribution in [1.29, 1.82) is 0 Å². The van der Waals surface area contributed by atoms with E-state index in [2.05, 4.69) is 21.2 Å². The Balaban J connectivity index is 1.81. The minimum atomic E-state index is -0.359. The van der Waals surface area contributed by atoms with Crippen LogP contribution in [0.1, 0.15) is 23.4 Å². The fraction of sp³-hybridized carbons (Fsp3) is 0.250. The molecular formula is C16H15BrN2O4. The Labute approximate surface area is 141 Å². The molecule has 1 saturated heterocycles. The summed E-state index contributed by atoms with van der Waals surface area (Å²) in [7, 11) is 1.54. The molecule has 2 heterocycles. The zero-order chi connectivity index (χ0) is 16.4. The monoisotopic (exact) mass is 378 g/mol. The summed E-state index contributed by atoms with van der Waals surface area (Å²) in [5.74, 6) is 0.469. The number of anilines is 2. The van der Waals surface area contributed by atoms with E-state index in [1.165, 1.54) is 7.11 Å². The third-order valence-electron chi connectivity index (χ3n) is 3.60. The minimum Gasteiger partial charge on any atom is -0.494 e. The van der Waals surface area contributed by atoms with Gasteiger partial charge < -0.3 is 19.4 Å². The number of carbonyl (C=O) groups is 2. The molecule has 2 amide bonds. The van der Waals surface area contributed by atoms with Gasteiger partial charge in [0.05, 0.1) is 12.8 Å². The number of amides is 2. The van der Waals surface area contributed by atoms with Crippen molar-refractivity contribution in [2.75, 3.05) is 23.9 Å². The molecule has 0 spiro atoms. The van der Waals surface area contributed by atoms with Crippen molar-refractivity contribution in [3.05, 3.63) is 40.8 Å². The Kier molecular flexibility index (Phi) is 4.38. The van der Waals surface area contributed by atoms with Crippen LogP contribution < -0.4 is 15.0 Å². The van der Waals surface area contributed by atoms with Crippen molar-refractivity contribution >= 4 is 39.1 Å². The zero-order valence-electron chi connectivity index (χ0n) is 12.5. The van der Waals surface area contributed by atoms with E-state index in [0.717, 1.165) is 6.42 Å². The highest BCUT2D eigenvalue weighted by atomic mass is 79.9. The molecule has 1 aliphatic heterocycles. The Hall–Kier alpha value is -2.28. The van der Waals surface area contributed by atoms with E-state index in [1.54, 1.807) is 35.2 Å². The number of nitrogens with zero attached hydrogens (tertiary/aromatic N) is 1. The topological polar surface area (TPSA) is 71.8 Å². The molecule has 7 heteroatoms. The van der Waals surface area contributed by atoms with E-state index < -0.39 is 0 Å². The third-order valence-corrected chi connectivity index (χ3v) is 4.02. The lowest BCUT2D eigenvalue weighted by molar-refractivity contribution is -0.117. The number of halogens is 1. The predicted octanol–water partition coefficient (Wildman–Crippen LogP) is 3.43. The van der Waals surface area contributed by atoms with Gasteiger partial charge in [0.25, 0.3) is 5.91 Å². The standard InChI is InChI=1S/C16H15BrN2O4/c1-22-13-9-10(18-16(21)12-6-7-14(17)23-12)4-5-11(13)19-8-2-3-15(19)20/h4-7,9H,2-3,8H2,1H3,(H,18,21). The Morgan fingerprint density at radius 1 is 1.35 bits per heavy atom. The smallest absolute Gasteiger partial charge is 0.291 e. The van der Waals surface area contributed by atoms with E-state index in [1.807, 2.05) is 0 Å². The van der Waals surface area contributed by atoms with Gasteiger partial charge in [0.2, 0.25) is 5.91 Å². The maximum absolute atomic E-state index is 12.1. The number of furan rings is 1. The zero-order valence-corrected chi connectivity index (χ0v) is 14.1.